The Morgan fingerprint density at radius 3 is 2.71 bits per heavy atom. The number of carbonyl (C=O) groups is 1. The fourth-order valence-corrected chi connectivity index (χ4v) is 0.976. The van der Waals surface area contributed by atoms with Crippen LogP contribution in [0.4, 0.5) is 0 Å². The Hall–Kier alpha value is -1.51. The number of rotatable bonds is 4. The van der Waals surface area contributed by atoms with Crippen LogP contribution in [0.2, 0.25) is 0 Å². The van der Waals surface area contributed by atoms with Gasteiger partial charge in [-0.1, -0.05) is 13.8 Å². The second-order valence-corrected chi connectivity index (χ2v) is 3.39. The highest BCUT2D eigenvalue weighted by Crippen LogP contribution is 1.98. The maximum atomic E-state index is 11.5. The van der Waals surface area contributed by atoms with Crippen molar-refractivity contribution >= 4 is 12.0 Å². The topological polar surface area (TPSA) is 42.3 Å². The zero-order valence-corrected chi connectivity index (χ0v) is 8.47. The van der Waals surface area contributed by atoms with Crippen LogP contribution in [0, 0.1) is 5.92 Å². The Kier molecular flexibility index (Phi) is 3.98. The van der Waals surface area contributed by atoms with Gasteiger partial charge in [0, 0.05) is 24.2 Å². The third-order valence-corrected chi connectivity index (χ3v) is 1.64. The molecule has 0 atom stereocenters. The molecule has 1 heterocycles. The van der Waals surface area contributed by atoms with Crippen molar-refractivity contribution in [2.24, 2.45) is 10.9 Å². The van der Waals surface area contributed by atoms with E-state index in [4.69, 9.17) is 0 Å². The van der Waals surface area contributed by atoms with Gasteiger partial charge in [-0.05, 0) is 18.1 Å². The summed E-state index contributed by atoms with van der Waals surface area (Å²) in [7, 11) is 0. The number of nitrogens with zero attached hydrogens (tertiary/aromatic N) is 2. The molecule has 0 saturated heterocycles. The first-order chi connectivity index (χ1) is 6.70. The van der Waals surface area contributed by atoms with E-state index in [1.165, 1.54) is 0 Å². The van der Waals surface area contributed by atoms with Crippen molar-refractivity contribution in [1.82, 2.24) is 4.98 Å². The normalized spacial score (nSPS) is 11.1. The first-order valence-corrected chi connectivity index (χ1v) is 4.63. The van der Waals surface area contributed by atoms with Gasteiger partial charge in [-0.2, -0.15) is 0 Å². The van der Waals surface area contributed by atoms with Crippen molar-refractivity contribution in [2.75, 3.05) is 6.54 Å². The lowest BCUT2D eigenvalue weighted by Gasteiger charge is -1.96. The highest BCUT2D eigenvalue weighted by atomic mass is 16.1. The predicted molar refractivity (Wildman–Crippen MR) is 56.8 cm³/mol. The minimum absolute atomic E-state index is 0.0318. The van der Waals surface area contributed by atoms with E-state index in [2.05, 4.69) is 9.98 Å². The highest BCUT2D eigenvalue weighted by molar-refractivity contribution is 5.98. The Balaban J connectivity index is 2.52. The Morgan fingerprint density at radius 2 is 2.14 bits per heavy atom. The molecule has 0 radical (unpaired) electrons. The van der Waals surface area contributed by atoms with Crippen molar-refractivity contribution in [3.8, 4) is 0 Å². The molecule has 74 valence electrons. The summed E-state index contributed by atoms with van der Waals surface area (Å²) in [5, 5.41) is 0. The monoisotopic (exact) mass is 190 g/mol. The summed E-state index contributed by atoms with van der Waals surface area (Å²) in [4.78, 5) is 19.4. The van der Waals surface area contributed by atoms with Crippen molar-refractivity contribution in [1.29, 1.82) is 0 Å². The average molecular weight is 190 g/mol. The van der Waals surface area contributed by atoms with Gasteiger partial charge in [0.25, 0.3) is 0 Å². The van der Waals surface area contributed by atoms with E-state index >= 15 is 0 Å². The molecule has 1 aromatic heterocycles. The smallest absolute Gasteiger partial charge is 0.184 e. The molecule has 0 aliphatic heterocycles. The van der Waals surface area contributed by atoms with Gasteiger partial charge in [0.2, 0.25) is 0 Å². The molecule has 0 unspecified atom stereocenters. The average Bonchev–Trinajstić information content (AvgIpc) is 2.18. The standard InChI is InChI=1S/C11H14N2O/c1-9(2)7-13-8-11(14)10-3-5-12-6-4-10/h3-7,9H,8H2,1-2H3. The van der Waals surface area contributed by atoms with Gasteiger partial charge in [0.05, 0.1) is 0 Å². The molecule has 0 bridgehead atoms. The van der Waals surface area contributed by atoms with E-state index < -0.39 is 0 Å². The number of hydrogen-bond acceptors (Lipinski definition) is 3. The van der Waals surface area contributed by atoms with E-state index in [1.807, 2.05) is 13.8 Å². The summed E-state index contributed by atoms with van der Waals surface area (Å²) < 4.78 is 0. The number of carbonyl (C=O) groups excluding carboxylic acids is 1. The summed E-state index contributed by atoms with van der Waals surface area (Å²) in [5.41, 5.74) is 0.668. The van der Waals surface area contributed by atoms with Gasteiger partial charge >= 0.3 is 0 Å². The number of aliphatic imine (C=N–C) groups is 1. The number of pyridine rings is 1. The quantitative estimate of drug-likeness (QED) is 0.538. The van der Waals surface area contributed by atoms with Crippen LogP contribution in [-0.2, 0) is 0 Å². The Labute approximate surface area is 83.9 Å². The number of Topliss-reactive ketones (excluding diaryl/α,β-unsaturated/α-hetero) is 1. The molecule has 0 N–H and O–H groups in total. The summed E-state index contributed by atoms with van der Waals surface area (Å²) >= 11 is 0. The highest BCUT2D eigenvalue weighted by Gasteiger charge is 2.02. The van der Waals surface area contributed by atoms with Crippen LogP contribution in [-0.4, -0.2) is 23.5 Å². The van der Waals surface area contributed by atoms with Crippen LogP contribution in [0.1, 0.15) is 24.2 Å². The molecule has 0 aliphatic carbocycles. The third kappa shape index (κ3) is 3.47. The molecule has 0 saturated carbocycles. The number of ketones is 1. The van der Waals surface area contributed by atoms with Crippen LogP contribution in [0.25, 0.3) is 0 Å². The second-order valence-electron chi connectivity index (χ2n) is 3.39. The van der Waals surface area contributed by atoms with Crippen molar-refractivity contribution in [3.05, 3.63) is 30.1 Å². The first-order valence-electron chi connectivity index (χ1n) is 4.63. The minimum atomic E-state index is 0.0318. The van der Waals surface area contributed by atoms with Gasteiger partial charge in [0.15, 0.2) is 5.78 Å². The molecular formula is C11H14N2O. The van der Waals surface area contributed by atoms with Gasteiger partial charge < -0.3 is 0 Å². The van der Waals surface area contributed by atoms with Crippen molar-refractivity contribution in [2.45, 2.75) is 13.8 Å². The van der Waals surface area contributed by atoms with Crippen molar-refractivity contribution < 1.29 is 4.79 Å². The summed E-state index contributed by atoms with van der Waals surface area (Å²) in [6.07, 6.45) is 5.01. The van der Waals surface area contributed by atoms with Gasteiger partial charge in [-0.25, -0.2) is 0 Å². The second kappa shape index (κ2) is 5.27. The lowest BCUT2D eigenvalue weighted by Crippen LogP contribution is -2.04. The third-order valence-electron chi connectivity index (χ3n) is 1.64. The van der Waals surface area contributed by atoms with Crippen LogP contribution < -0.4 is 0 Å². The van der Waals surface area contributed by atoms with E-state index in [9.17, 15) is 4.79 Å². The van der Waals surface area contributed by atoms with Crippen LogP contribution >= 0.6 is 0 Å². The maximum absolute atomic E-state index is 11.5. The first kappa shape index (κ1) is 10.6. The molecule has 14 heavy (non-hydrogen) atoms. The summed E-state index contributed by atoms with van der Waals surface area (Å²) in [6.45, 7) is 4.28. The van der Waals surface area contributed by atoms with Crippen LogP contribution in [0.5, 0.6) is 0 Å². The van der Waals surface area contributed by atoms with Gasteiger partial charge in [-0.3, -0.25) is 14.8 Å². The fourth-order valence-electron chi connectivity index (χ4n) is 0.976. The molecule has 0 fully saturated rings. The molecule has 3 heteroatoms. The predicted octanol–water partition coefficient (Wildman–Crippen LogP) is 1.99. The molecular weight excluding hydrogens is 176 g/mol. The van der Waals surface area contributed by atoms with E-state index in [0.717, 1.165) is 0 Å². The Bertz CT molecular complexity index is 317. The zero-order chi connectivity index (χ0) is 10.4. The minimum Gasteiger partial charge on any atom is -0.292 e. The fraction of sp³-hybridized carbons (Fsp3) is 0.364. The largest absolute Gasteiger partial charge is 0.292 e. The summed E-state index contributed by atoms with van der Waals surface area (Å²) in [6, 6.07) is 3.40. The lowest BCUT2D eigenvalue weighted by molar-refractivity contribution is 0.100. The van der Waals surface area contributed by atoms with Gasteiger partial charge in [-0.15, -0.1) is 0 Å². The van der Waals surface area contributed by atoms with Crippen molar-refractivity contribution in [3.63, 3.8) is 0 Å². The molecule has 1 rings (SSSR count). The van der Waals surface area contributed by atoms with E-state index in [0.29, 0.717) is 11.5 Å². The molecule has 0 spiro atoms. The molecule has 0 aromatic carbocycles. The summed E-state index contributed by atoms with van der Waals surface area (Å²) in [5.74, 6) is 0.421. The van der Waals surface area contributed by atoms with Crippen LogP contribution in [0.3, 0.4) is 0 Å². The lowest BCUT2D eigenvalue weighted by atomic mass is 10.2. The van der Waals surface area contributed by atoms with E-state index in [1.54, 1.807) is 30.7 Å². The molecule has 3 nitrogen and oxygen atoms in total. The maximum Gasteiger partial charge on any atom is 0.184 e. The Morgan fingerprint density at radius 1 is 1.50 bits per heavy atom. The van der Waals surface area contributed by atoms with Crippen LogP contribution in [0.15, 0.2) is 29.5 Å². The number of hydrogen-bond donors (Lipinski definition) is 0. The molecule has 0 aliphatic rings. The molecule has 1 aromatic rings. The molecule has 0 amide bonds. The van der Waals surface area contributed by atoms with Gasteiger partial charge in [0.1, 0.15) is 6.54 Å². The number of aromatic nitrogens is 1. The van der Waals surface area contributed by atoms with E-state index in [-0.39, 0.29) is 12.3 Å². The zero-order valence-electron chi connectivity index (χ0n) is 8.47. The SMILES string of the molecule is CC(C)C=NCC(=O)c1ccncc1.